The number of ether oxygens (including phenoxy) is 4. The smallest absolute Gasteiger partial charge is 0.338 e. The molecule has 1 heterocycles. The summed E-state index contributed by atoms with van der Waals surface area (Å²) in [5.41, 5.74) is 2.91. The van der Waals surface area contributed by atoms with Gasteiger partial charge in [0.2, 0.25) is 0 Å². The van der Waals surface area contributed by atoms with E-state index in [0.717, 1.165) is 16.7 Å². The predicted octanol–water partition coefficient (Wildman–Crippen LogP) is 3.66. The van der Waals surface area contributed by atoms with Gasteiger partial charge >= 0.3 is 5.97 Å². The lowest BCUT2D eigenvalue weighted by atomic mass is 9.99. The number of benzene rings is 3. The number of esters is 1. The Balaban J connectivity index is 1.46. The Morgan fingerprint density at radius 1 is 0.667 bits per heavy atom. The maximum absolute atomic E-state index is 12.4. The monoisotopic (exact) mass is 448 g/mol. The van der Waals surface area contributed by atoms with Crippen molar-refractivity contribution in [1.29, 1.82) is 0 Å². The lowest BCUT2D eigenvalue weighted by Crippen LogP contribution is -2.58. The summed E-state index contributed by atoms with van der Waals surface area (Å²) in [6, 6.07) is 29.0. The zero-order chi connectivity index (χ0) is 22.9. The number of aliphatic hydroxyl groups excluding tert-OH is 1. The molecule has 172 valence electrons. The van der Waals surface area contributed by atoms with Crippen molar-refractivity contribution in [2.45, 2.75) is 44.2 Å². The van der Waals surface area contributed by atoms with E-state index < -0.39 is 30.4 Å². The molecule has 3 aromatic rings. The van der Waals surface area contributed by atoms with Crippen LogP contribution in [0.2, 0.25) is 0 Å². The van der Waals surface area contributed by atoms with Gasteiger partial charge in [-0.05, 0) is 16.7 Å². The minimum absolute atomic E-state index is 0.123. The molecule has 0 amide bonds. The van der Waals surface area contributed by atoms with Gasteiger partial charge < -0.3 is 24.1 Å². The summed E-state index contributed by atoms with van der Waals surface area (Å²) in [5.74, 6) is -0.735. The summed E-state index contributed by atoms with van der Waals surface area (Å²) in [5, 5.41) is 10.6. The summed E-state index contributed by atoms with van der Waals surface area (Å²) in [7, 11) is 0. The van der Waals surface area contributed by atoms with Crippen LogP contribution in [0.3, 0.4) is 0 Å². The summed E-state index contributed by atoms with van der Waals surface area (Å²) < 4.78 is 23.5. The second kappa shape index (κ2) is 11.7. The molecule has 1 aliphatic heterocycles. The lowest BCUT2D eigenvalue weighted by Gasteiger charge is -2.39. The summed E-state index contributed by atoms with van der Waals surface area (Å²) in [6.07, 6.45) is -3.74. The molecule has 33 heavy (non-hydrogen) atoms. The molecule has 0 aliphatic carbocycles. The number of rotatable bonds is 10. The number of hydrogen-bond acceptors (Lipinski definition) is 6. The van der Waals surface area contributed by atoms with E-state index in [9.17, 15) is 9.90 Å². The standard InChI is InChI=1S/C27H28O6/c28-24-26(32-18-22-14-8-3-9-15-22)25(31-17-21-12-6-2-7-13-21)23(33-27(24)29)19-30-16-20-10-4-1-5-11-20/h1-15,23-26,28H,16-19H2/t23-,24-,25-,26-/m1/s1. The molecule has 0 spiro atoms. The largest absolute Gasteiger partial charge is 0.455 e. The van der Waals surface area contributed by atoms with Gasteiger partial charge in [0.25, 0.3) is 0 Å². The molecule has 3 aromatic carbocycles. The third-order valence-electron chi connectivity index (χ3n) is 5.47. The first kappa shape index (κ1) is 23.1. The second-order valence-electron chi connectivity index (χ2n) is 7.94. The third-order valence-corrected chi connectivity index (χ3v) is 5.47. The predicted molar refractivity (Wildman–Crippen MR) is 122 cm³/mol. The Labute approximate surface area is 193 Å². The summed E-state index contributed by atoms with van der Waals surface area (Å²) in [6.45, 7) is 1.02. The first-order valence-corrected chi connectivity index (χ1v) is 11.0. The van der Waals surface area contributed by atoms with E-state index in [0.29, 0.717) is 6.61 Å². The normalized spacial score (nSPS) is 22.6. The number of cyclic esters (lactones) is 1. The zero-order valence-corrected chi connectivity index (χ0v) is 18.3. The molecule has 6 nitrogen and oxygen atoms in total. The van der Waals surface area contributed by atoms with E-state index in [2.05, 4.69) is 0 Å². The van der Waals surface area contributed by atoms with Gasteiger partial charge in [-0.1, -0.05) is 91.0 Å². The molecule has 1 aliphatic rings. The van der Waals surface area contributed by atoms with Crippen molar-refractivity contribution in [3.8, 4) is 0 Å². The highest BCUT2D eigenvalue weighted by Gasteiger charge is 2.47. The molecule has 1 saturated heterocycles. The van der Waals surface area contributed by atoms with Crippen LogP contribution in [0.1, 0.15) is 16.7 Å². The highest BCUT2D eigenvalue weighted by molar-refractivity contribution is 5.76. The molecule has 0 radical (unpaired) electrons. The van der Waals surface area contributed by atoms with E-state index in [1.54, 1.807) is 0 Å². The van der Waals surface area contributed by atoms with Crippen LogP contribution < -0.4 is 0 Å². The van der Waals surface area contributed by atoms with Crippen LogP contribution in [-0.2, 0) is 43.6 Å². The quantitative estimate of drug-likeness (QED) is 0.477. The Morgan fingerprint density at radius 2 is 1.12 bits per heavy atom. The zero-order valence-electron chi connectivity index (χ0n) is 18.3. The van der Waals surface area contributed by atoms with Crippen molar-refractivity contribution in [3.05, 3.63) is 108 Å². The van der Waals surface area contributed by atoms with Gasteiger partial charge in [0.15, 0.2) is 12.2 Å². The van der Waals surface area contributed by atoms with E-state index in [1.165, 1.54) is 0 Å². The van der Waals surface area contributed by atoms with Gasteiger partial charge in [-0.2, -0.15) is 0 Å². The molecule has 1 N–H and O–H groups in total. The fraction of sp³-hybridized carbons (Fsp3) is 0.296. The average molecular weight is 449 g/mol. The topological polar surface area (TPSA) is 74.2 Å². The SMILES string of the molecule is O=C1O[C@H](COCc2ccccc2)[C@@H](OCc2ccccc2)[C@H](OCc2ccccc2)[C@H]1O. The van der Waals surface area contributed by atoms with E-state index in [4.69, 9.17) is 18.9 Å². The summed E-state index contributed by atoms with van der Waals surface area (Å²) in [4.78, 5) is 12.4. The molecule has 0 saturated carbocycles. The minimum Gasteiger partial charge on any atom is -0.455 e. The molecule has 4 atom stereocenters. The maximum atomic E-state index is 12.4. The van der Waals surface area contributed by atoms with Crippen molar-refractivity contribution in [2.24, 2.45) is 0 Å². The van der Waals surface area contributed by atoms with Crippen molar-refractivity contribution in [1.82, 2.24) is 0 Å². The van der Waals surface area contributed by atoms with E-state index in [-0.39, 0.29) is 19.8 Å². The first-order valence-electron chi connectivity index (χ1n) is 11.0. The second-order valence-corrected chi connectivity index (χ2v) is 7.94. The molecule has 0 aromatic heterocycles. The van der Waals surface area contributed by atoms with Gasteiger partial charge in [0.05, 0.1) is 26.4 Å². The third kappa shape index (κ3) is 6.49. The van der Waals surface area contributed by atoms with Crippen molar-refractivity contribution in [3.63, 3.8) is 0 Å². The highest BCUT2D eigenvalue weighted by atomic mass is 16.6. The Kier molecular flexibility index (Phi) is 8.22. The molecule has 6 heteroatoms. The summed E-state index contributed by atoms with van der Waals surface area (Å²) >= 11 is 0. The van der Waals surface area contributed by atoms with E-state index in [1.807, 2.05) is 91.0 Å². The van der Waals surface area contributed by atoms with Crippen LogP contribution in [0, 0.1) is 0 Å². The van der Waals surface area contributed by atoms with Crippen LogP contribution in [0.5, 0.6) is 0 Å². The fourth-order valence-electron chi connectivity index (χ4n) is 3.73. The van der Waals surface area contributed by atoms with Crippen LogP contribution >= 0.6 is 0 Å². The fourth-order valence-corrected chi connectivity index (χ4v) is 3.73. The first-order chi connectivity index (χ1) is 16.2. The van der Waals surface area contributed by atoms with Crippen LogP contribution in [0.25, 0.3) is 0 Å². The van der Waals surface area contributed by atoms with Gasteiger partial charge in [0.1, 0.15) is 12.2 Å². The maximum Gasteiger partial charge on any atom is 0.338 e. The minimum atomic E-state index is -1.44. The number of aliphatic hydroxyl groups is 1. The molecule has 1 fully saturated rings. The van der Waals surface area contributed by atoms with Gasteiger partial charge in [-0.3, -0.25) is 0 Å². The molecular weight excluding hydrogens is 420 g/mol. The van der Waals surface area contributed by atoms with Crippen LogP contribution in [0.4, 0.5) is 0 Å². The van der Waals surface area contributed by atoms with E-state index >= 15 is 0 Å². The van der Waals surface area contributed by atoms with Gasteiger partial charge in [0, 0.05) is 0 Å². The van der Waals surface area contributed by atoms with Crippen molar-refractivity contribution in [2.75, 3.05) is 6.61 Å². The van der Waals surface area contributed by atoms with Crippen LogP contribution in [-0.4, -0.2) is 42.1 Å². The van der Waals surface area contributed by atoms with Gasteiger partial charge in [-0.15, -0.1) is 0 Å². The number of hydrogen-bond donors (Lipinski definition) is 1. The molecule has 0 unspecified atom stereocenters. The Hall–Kier alpha value is -3.03. The van der Waals surface area contributed by atoms with Crippen molar-refractivity contribution >= 4 is 5.97 Å². The lowest BCUT2D eigenvalue weighted by molar-refractivity contribution is -0.230. The average Bonchev–Trinajstić information content (AvgIpc) is 2.86. The Morgan fingerprint density at radius 3 is 1.64 bits per heavy atom. The molecule has 0 bridgehead atoms. The van der Waals surface area contributed by atoms with Crippen molar-refractivity contribution < 1.29 is 28.8 Å². The Bertz CT molecular complexity index is 979. The molecular formula is C27H28O6. The van der Waals surface area contributed by atoms with Crippen LogP contribution in [0.15, 0.2) is 91.0 Å². The molecule has 4 rings (SSSR count). The highest BCUT2D eigenvalue weighted by Crippen LogP contribution is 2.25. The number of carbonyl (C=O) groups excluding carboxylic acids is 1. The number of carbonyl (C=O) groups is 1. The van der Waals surface area contributed by atoms with Gasteiger partial charge in [-0.25, -0.2) is 4.79 Å².